The van der Waals surface area contributed by atoms with Crippen molar-refractivity contribution in [1.29, 1.82) is 0 Å². The van der Waals surface area contributed by atoms with Crippen molar-refractivity contribution in [2.24, 2.45) is 0 Å². The lowest BCUT2D eigenvalue weighted by atomic mass is 10.0. The van der Waals surface area contributed by atoms with Gasteiger partial charge in [0.25, 0.3) is 0 Å². The zero-order valence-electron chi connectivity index (χ0n) is 15.2. The molecule has 1 heterocycles. The van der Waals surface area contributed by atoms with E-state index in [1.807, 2.05) is 0 Å². The van der Waals surface area contributed by atoms with Crippen LogP contribution in [0.5, 0.6) is 0 Å². The minimum Gasteiger partial charge on any atom is -0.443 e. The fourth-order valence-electron chi connectivity index (χ4n) is 3.36. The molecule has 1 N–H and O–H groups in total. The van der Waals surface area contributed by atoms with Gasteiger partial charge in [-0.05, 0) is 37.0 Å². The zero-order chi connectivity index (χ0) is 20.8. The van der Waals surface area contributed by atoms with Crippen LogP contribution in [-0.4, -0.2) is 18.1 Å². The average Bonchev–Trinajstić information content (AvgIpc) is 3.30. The molecule has 9 heteroatoms. The summed E-state index contributed by atoms with van der Waals surface area (Å²) < 4.78 is 49.0. The Kier molecular flexibility index (Phi) is 5.21. The number of halogens is 3. The molecule has 0 amide bonds. The molecule has 0 bridgehead atoms. The Bertz CT molecular complexity index is 1220. The first-order valence-corrected chi connectivity index (χ1v) is 11.5. The third-order valence-electron chi connectivity index (χ3n) is 5.19. The van der Waals surface area contributed by atoms with Crippen LogP contribution in [0.2, 0.25) is 5.02 Å². The summed E-state index contributed by atoms with van der Waals surface area (Å²) in [5, 5.41) is 0.443. The largest absolute Gasteiger partial charge is 0.443 e. The van der Waals surface area contributed by atoms with Crippen LogP contribution in [0.1, 0.15) is 30.4 Å². The molecule has 5 nitrogen and oxygen atoms in total. The lowest BCUT2D eigenvalue weighted by Gasteiger charge is -2.19. The van der Waals surface area contributed by atoms with Crippen LogP contribution in [0.4, 0.5) is 10.1 Å². The van der Waals surface area contributed by atoms with E-state index in [0.717, 1.165) is 10.9 Å². The van der Waals surface area contributed by atoms with Crippen LogP contribution in [0, 0.1) is 5.82 Å². The van der Waals surface area contributed by atoms with Gasteiger partial charge in [0, 0.05) is 27.5 Å². The van der Waals surface area contributed by atoms with Crippen LogP contribution in [0.15, 0.2) is 52.2 Å². The molecule has 0 saturated heterocycles. The van der Waals surface area contributed by atoms with Gasteiger partial charge < -0.3 is 4.42 Å². The molecule has 3 aromatic rings. The maximum atomic E-state index is 15.3. The van der Waals surface area contributed by atoms with Gasteiger partial charge in [-0.25, -0.2) is 17.8 Å². The van der Waals surface area contributed by atoms with Crippen molar-refractivity contribution in [3.8, 4) is 0 Å². The minimum atomic E-state index is -3.75. The van der Waals surface area contributed by atoms with Gasteiger partial charge in [0.15, 0.2) is 17.8 Å². The van der Waals surface area contributed by atoms with Gasteiger partial charge in [0.2, 0.25) is 10.0 Å². The summed E-state index contributed by atoms with van der Waals surface area (Å²) in [4.78, 5) is 3.91. The molecule has 4 rings (SSSR count). The molecule has 1 fully saturated rings. The Hall–Kier alpha value is -1.90. The normalized spacial score (nSPS) is 15.4. The van der Waals surface area contributed by atoms with Gasteiger partial charge in [0.05, 0.1) is 10.4 Å². The Morgan fingerprint density at radius 2 is 2.14 bits per heavy atom. The van der Waals surface area contributed by atoms with Crippen LogP contribution in [0.3, 0.4) is 0 Å². The Balaban J connectivity index is 1.80. The number of benzene rings is 2. The quantitative estimate of drug-likeness (QED) is 0.416. The van der Waals surface area contributed by atoms with Gasteiger partial charge in [0.1, 0.15) is 5.52 Å². The Morgan fingerprint density at radius 3 is 2.79 bits per heavy atom. The maximum Gasteiger partial charge on any atom is 0.238 e. The molecule has 1 aromatic heterocycles. The summed E-state index contributed by atoms with van der Waals surface area (Å²) in [6.45, 7) is 3.65. The highest BCUT2D eigenvalue weighted by atomic mass is 79.9. The molecule has 29 heavy (non-hydrogen) atoms. The summed E-state index contributed by atoms with van der Waals surface area (Å²) in [6, 6.07) is 6.73. The summed E-state index contributed by atoms with van der Waals surface area (Å²) in [6.07, 6.45) is 4.22. The van der Waals surface area contributed by atoms with Gasteiger partial charge in [-0.3, -0.25) is 4.72 Å². The van der Waals surface area contributed by atoms with Crippen LogP contribution in [0.25, 0.3) is 11.1 Å². The third-order valence-corrected chi connectivity index (χ3v) is 8.24. The van der Waals surface area contributed by atoms with E-state index in [0.29, 0.717) is 29.8 Å². The maximum absolute atomic E-state index is 15.3. The molecule has 1 saturated carbocycles. The molecule has 0 atom stereocenters. The fraction of sp³-hybridized carbons (Fsp3) is 0.250. The first-order chi connectivity index (χ1) is 13.8. The molecular weight excluding hydrogens is 483 g/mol. The first-order valence-electron chi connectivity index (χ1n) is 8.88. The minimum absolute atomic E-state index is 0.0448. The van der Waals surface area contributed by atoms with Crippen molar-refractivity contribution in [3.05, 3.63) is 69.8 Å². The van der Waals surface area contributed by atoms with Crippen molar-refractivity contribution in [1.82, 2.24) is 4.98 Å². The second kappa shape index (κ2) is 7.41. The van der Waals surface area contributed by atoms with Crippen molar-refractivity contribution >= 4 is 54.3 Å². The van der Waals surface area contributed by atoms with Gasteiger partial charge in [-0.15, -0.1) is 6.58 Å². The number of aromatic nitrogens is 1. The van der Waals surface area contributed by atoms with Crippen molar-refractivity contribution in [2.75, 3.05) is 4.72 Å². The number of anilines is 1. The lowest BCUT2D eigenvalue weighted by molar-refractivity contribution is 0.582. The fourth-order valence-corrected chi connectivity index (χ4v) is 5.76. The zero-order valence-corrected chi connectivity index (χ0v) is 18.4. The highest BCUT2D eigenvalue weighted by Crippen LogP contribution is 2.47. The SMILES string of the molecule is C=CCC1(S(=O)(=O)Nc2cc3ocnc3c(F)c2Cc2ccc(Br)cc2Cl)CC1. The second-order valence-corrected chi connectivity index (χ2v) is 10.5. The number of hydrogen-bond acceptors (Lipinski definition) is 4. The second-order valence-electron chi connectivity index (χ2n) is 7.11. The number of sulfonamides is 1. The van der Waals surface area contributed by atoms with Gasteiger partial charge in [-0.2, -0.15) is 0 Å². The average molecular weight is 500 g/mol. The molecule has 0 spiro atoms. The molecule has 0 radical (unpaired) electrons. The number of nitrogens with zero attached hydrogens (tertiary/aromatic N) is 1. The van der Waals surface area contributed by atoms with Crippen LogP contribution in [-0.2, 0) is 16.4 Å². The van der Waals surface area contributed by atoms with E-state index in [1.54, 1.807) is 24.3 Å². The summed E-state index contributed by atoms with van der Waals surface area (Å²) in [5.41, 5.74) is 1.15. The topological polar surface area (TPSA) is 72.2 Å². The first kappa shape index (κ1) is 20.4. The third kappa shape index (κ3) is 3.69. The highest BCUT2D eigenvalue weighted by molar-refractivity contribution is 9.10. The standard InChI is InChI=1S/C20H17BrClFN2O3S/c1-2-5-20(6-7-20)29(26,27)25-16-10-17-19(24-11-28-17)18(23)14(16)8-12-3-4-13(21)9-15(12)22/h2-4,9-11,25H,1,5-8H2. The van der Waals surface area contributed by atoms with E-state index in [2.05, 4.69) is 32.2 Å². The van der Waals surface area contributed by atoms with Crippen LogP contribution >= 0.6 is 27.5 Å². The smallest absolute Gasteiger partial charge is 0.238 e. The van der Waals surface area contributed by atoms with Gasteiger partial charge in [-0.1, -0.05) is 39.7 Å². The van der Waals surface area contributed by atoms with Crippen LogP contribution < -0.4 is 4.72 Å². The lowest BCUT2D eigenvalue weighted by Crippen LogP contribution is -2.29. The molecule has 152 valence electrons. The predicted molar refractivity (Wildman–Crippen MR) is 115 cm³/mol. The van der Waals surface area contributed by atoms with Crippen molar-refractivity contribution < 1.29 is 17.2 Å². The number of fused-ring (bicyclic) bond motifs is 1. The van der Waals surface area contributed by atoms with E-state index >= 15 is 4.39 Å². The van der Waals surface area contributed by atoms with E-state index in [-0.39, 0.29) is 28.8 Å². The van der Waals surface area contributed by atoms with E-state index in [9.17, 15) is 8.42 Å². The molecule has 1 aliphatic carbocycles. The summed E-state index contributed by atoms with van der Waals surface area (Å²) in [7, 11) is -3.75. The number of allylic oxidation sites excluding steroid dienone is 1. The predicted octanol–water partition coefficient (Wildman–Crippen LogP) is 5.82. The molecule has 2 aromatic carbocycles. The van der Waals surface area contributed by atoms with Crippen molar-refractivity contribution in [3.63, 3.8) is 0 Å². The Labute approximate surface area is 181 Å². The highest BCUT2D eigenvalue weighted by Gasteiger charge is 2.53. The monoisotopic (exact) mass is 498 g/mol. The number of nitrogens with one attached hydrogen (secondary N) is 1. The molecule has 1 aliphatic rings. The van der Waals surface area contributed by atoms with Gasteiger partial charge >= 0.3 is 0 Å². The van der Waals surface area contributed by atoms with Crippen molar-refractivity contribution in [2.45, 2.75) is 30.4 Å². The number of hydrogen-bond donors (Lipinski definition) is 1. The molecule has 0 aliphatic heterocycles. The number of rotatable bonds is 7. The molecule has 0 unspecified atom stereocenters. The Morgan fingerprint density at radius 1 is 1.38 bits per heavy atom. The molecular formula is C20H17BrClFN2O3S. The van der Waals surface area contributed by atoms with E-state index in [1.165, 1.54) is 6.07 Å². The number of oxazole rings is 1. The van der Waals surface area contributed by atoms with E-state index < -0.39 is 20.6 Å². The van der Waals surface area contributed by atoms with E-state index in [4.69, 9.17) is 16.0 Å². The summed E-state index contributed by atoms with van der Waals surface area (Å²) in [5.74, 6) is -0.637. The summed E-state index contributed by atoms with van der Waals surface area (Å²) >= 11 is 9.64.